The van der Waals surface area contributed by atoms with Crippen LogP contribution < -0.4 is 0 Å². The fourth-order valence-electron chi connectivity index (χ4n) is 2.74. The quantitative estimate of drug-likeness (QED) is 0.420. The molecule has 0 aromatic heterocycles. The lowest BCUT2D eigenvalue weighted by molar-refractivity contribution is -0.147. The Bertz CT molecular complexity index is 561. The standard InChI is InChI=1S/C18H23NO4/c1-3-23-18(22)13(2)9-5-4-8-12-19-16(20)14-10-6-7-11-15(14)17(19)21/h6-7,10-11,13H,3-5,8-9,12H2,1-2H3. The third-order valence-electron chi connectivity index (χ3n) is 4.09. The molecule has 0 saturated carbocycles. The van der Waals surface area contributed by atoms with Gasteiger partial charge in [0.25, 0.3) is 11.8 Å². The van der Waals surface area contributed by atoms with E-state index >= 15 is 0 Å². The molecule has 23 heavy (non-hydrogen) atoms. The van der Waals surface area contributed by atoms with E-state index in [1.54, 1.807) is 31.2 Å². The SMILES string of the molecule is CCOC(=O)C(C)CCCCCN1C(=O)c2ccccc2C1=O. The Morgan fingerprint density at radius 1 is 1.09 bits per heavy atom. The molecule has 1 aliphatic rings. The zero-order valence-electron chi connectivity index (χ0n) is 13.7. The molecule has 0 saturated heterocycles. The van der Waals surface area contributed by atoms with Crippen LogP contribution in [0.4, 0.5) is 0 Å². The zero-order chi connectivity index (χ0) is 16.8. The second-order valence-corrected chi connectivity index (χ2v) is 5.81. The summed E-state index contributed by atoms with van der Waals surface area (Å²) in [5.74, 6) is -0.668. The van der Waals surface area contributed by atoms with Gasteiger partial charge in [0.05, 0.1) is 23.7 Å². The van der Waals surface area contributed by atoms with E-state index in [9.17, 15) is 14.4 Å². The van der Waals surface area contributed by atoms with E-state index in [2.05, 4.69) is 0 Å². The number of nitrogens with zero attached hydrogens (tertiary/aromatic N) is 1. The summed E-state index contributed by atoms with van der Waals surface area (Å²) in [7, 11) is 0. The van der Waals surface area contributed by atoms with Crippen molar-refractivity contribution in [3.63, 3.8) is 0 Å². The smallest absolute Gasteiger partial charge is 0.308 e. The highest BCUT2D eigenvalue weighted by molar-refractivity contribution is 6.21. The number of rotatable bonds is 8. The fraction of sp³-hybridized carbons (Fsp3) is 0.500. The summed E-state index contributed by atoms with van der Waals surface area (Å²) in [4.78, 5) is 37.2. The van der Waals surface area contributed by atoms with Gasteiger partial charge in [0.1, 0.15) is 0 Å². The molecule has 0 radical (unpaired) electrons. The molecule has 1 aromatic carbocycles. The maximum atomic E-state index is 12.2. The highest BCUT2D eigenvalue weighted by atomic mass is 16.5. The molecule has 1 aromatic rings. The topological polar surface area (TPSA) is 63.7 Å². The number of fused-ring (bicyclic) bond motifs is 1. The lowest BCUT2D eigenvalue weighted by Gasteiger charge is -2.14. The summed E-state index contributed by atoms with van der Waals surface area (Å²) in [6.07, 6.45) is 3.27. The molecule has 0 N–H and O–H groups in total. The maximum absolute atomic E-state index is 12.2. The van der Waals surface area contributed by atoms with Crippen molar-refractivity contribution in [3.8, 4) is 0 Å². The molecule has 0 fully saturated rings. The number of benzene rings is 1. The highest BCUT2D eigenvalue weighted by Crippen LogP contribution is 2.23. The molecular formula is C18H23NO4. The Labute approximate surface area is 136 Å². The molecule has 5 heteroatoms. The first-order valence-corrected chi connectivity index (χ1v) is 8.18. The van der Waals surface area contributed by atoms with E-state index in [4.69, 9.17) is 4.74 Å². The van der Waals surface area contributed by atoms with Crippen LogP contribution in [-0.2, 0) is 9.53 Å². The van der Waals surface area contributed by atoms with Crippen LogP contribution >= 0.6 is 0 Å². The van der Waals surface area contributed by atoms with E-state index in [0.717, 1.165) is 25.7 Å². The number of hydrogen-bond donors (Lipinski definition) is 0. The average Bonchev–Trinajstić information content (AvgIpc) is 2.79. The van der Waals surface area contributed by atoms with E-state index in [1.807, 2.05) is 6.92 Å². The van der Waals surface area contributed by atoms with Crippen LogP contribution in [0.15, 0.2) is 24.3 Å². The summed E-state index contributed by atoms with van der Waals surface area (Å²) in [5, 5.41) is 0. The molecule has 1 heterocycles. The lowest BCUT2D eigenvalue weighted by Crippen LogP contribution is -2.30. The van der Waals surface area contributed by atoms with Gasteiger partial charge in [0, 0.05) is 6.54 Å². The third kappa shape index (κ3) is 3.97. The summed E-state index contributed by atoms with van der Waals surface area (Å²) in [6, 6.07) is 6.92. The van der Waals surface area contributed by atoms with E-state index in [0.29, 0.717) is 24.3 Å². The molecule has 1 atom stereocenters. The van der Waals surface area contributed by atoms with Crippen LogP contribution in [0.3, 0.4) is 0 Å². The van der Waals surface area contributed by atoms with Crippen LogP contribution in [-0.4, -0.2) is 35.8 Å². The minimum Gasteiger partial charge on any atom is -0.466 e. The molecule has 0 bridgehead atoms. The van der Waals surface area contributed by atoms with E-state index in [1.165, 1.54) is 4.90 Å². The van der Waals surface area contributed by atoms with Gasteiger partial charge in [-0.2, -0.15) is 0 Å². The first kappa shape index (κ1) is 17.2. The van der Waals surface area contributed by atoms with Crippen LogP contribution in [0.5, 0.6) is 0 Å². The number of carbonyl (C=O) groups excluding carboxylic acids is 3. The van der Waals surface area contributed by atoms with Crippen molar-refractivity contribution in [1.82, 2.24) is 4.90 Å². The molecular weight excluding hydrogens is 294 g/mol. The summed E-state index contributed by atoms with van der Waals surface area (Å²) >= 11 is 0. The zero-order valence-corrected chi connectivity index (χ0v) is 13.7. The van der Waals surface area contributed by atoms with Crippen LogP contribution in [0, 0.1) is 5.92 Å². The molecule has 124 valence electrons. The Morgan fingerprint density at radius 2 is 1.70 bits per heavy atom. The molecule has 0 aliphatic carbocycles. The van der Waals surface area contributed by atoms with Gasteiger partial charge in [-0.15, -0.1) is 0 Å². The number of carbonyl (C=O) groups is 3. The van der Waals surface area contributed by atoms with Gasteiger partial charge < -0.3 is 4.74 Å². The average molecular weight is 317 g/mol. The van der Waals surface area contributed by atoms with Crippen molar-refractivity contribution < 1.29 is 19.1 Å². The first-order valence-electron chi connectivity index (χ1n) is 8.18. The number of ether oxygens (including phenoxy) is 1. The van der Waals surface area contributed by atoms with Crippen molar-refractivity contribution in [2.45, 2.75) is 39.5 Å². The van der Waals surface area contributed by atoms with Gasteiger partial charge in [0.15, 0.2) is 0 Å². The van der Waals surface area contributed by atoms with Crippen molar-refractivity contribution in [1.29, 1.82) is 0 Å². The van der Waals surface area contributed by atoms with Crippen LogP contribution in [0.1, 0.15) is 60.2 Å². The van der Waals surface area contributed by atoms with Crippen LogP contribution in [0.25, 0.3) is 0 Å². The number of hydrogen-bond acceptors (Lipinski definition) is 4. The number of unbranched alkanes of at least 4 members (excludes halogenated alkanes) is 2. The molecule has 5 nitrogen and oxygen atoms in total. The second kappa shape index (κ2) is 7.90. The molecule has 1 aliphatic heterocycles. The molecule has 0 spiro atoms. The van der Waals surface area contributed by atoms with Crippen molar-refractivity contribution in [2.75, 3.05) is 13.2 Å². The van der Waals surface area contributed by atoms with Gasteiger partial charge in [-0.1, -0.05) is 31.9 Å². The third-order valence-corrected chi connectivity index (χ3v) is 4.09. The normalized spacial score (nSPS) is 14.8. The summed E-state index contributed by atoms with van der Waals surface area (Å²) in [6.45, 7) is 4.50. The Morgan fingerprint density at radius 3 is 2.26 bits per heavy atom. The van der Waals surface area contributed by atoms with Gasteiger partial charge in [-0.3, -0.25) is 19.3 Å². The molecule has 2 rings (SSSR count). The number of esters is 1. The minimum atomic E-state index is -0.203. The summed E-state index contributed by atoms with van der Waals surface area (Å²) < 4.78 is 4.97. The van der Waals surface area contributed by atoms with Gasteiger partial charge in [-0.25, -0.2) is 0 Å². The fourth-order valence-corrected chi connectivity index (χ4v) is 2.74. The van der Waals surface area contributed by atoms with E-state index in [-0.39, 0.29) is 23.7 Å². The predicted octanol–water partition coefficient (Wildman–Crippen LogP) is 3.04. The van der Waals surface area contributed by atoms with Crippen LogP contribution in [0.2, 0.25) is 0 Å². The Kier molecular flexibility index (Phi) is 5.90. The number of imide groups is 1. The number of amides is 2. The van der Waals surface area contributed by atoms with Crippen molar-refractivity contribution in [3.05, 3.63) is 35.4 Å². The highest BCUT2D eigenvalue weighted by Gasteiger charge is 2.34. The molecule has 1 unspecified atom stereocenters. The van der Waals surface area contributed by atoms with Gasteiger partial charge in [0.2, 0.25) is 0 Å². The Hall–Kier alpha value is -2.17. The molecule has 2 amide bonds. The summed E-state index contributed by atoms with van der Waals surface area (Å²) in [5.41, 5.74) is 0.988. The first-order chi connectivity index (χ1) is 11.1. The second-order valence-electron chi connectivity index (χ2n) is 5.81. The monoisotopic (exact) mass is 317 g/mol. The van der Waals surface area contributed by atoms with E-state index < -0.39 is 0 Å². The van der Waals surface area contributed by atoms with Crippen molar-refractivity contribution >= 4 is 17.8 Å². The van der Waals surface area contributed by atoms with Crippen molar-refractivity contribution in [2.24, 2.45) is 5.92 Å². The Balaban J connectivity index is 1.73. The predicted molar refractivity (Wildman–Crippen MR) is 86.1 cm³/mol. The minimum absolute atomic E-state index is 0.103. The van der Waals surface area contributed by atoms with Gasteiger partial charge in [-0.05, 0) is 31.9 Å². The lowest BCUT2D eigenvalue weighted by atomic mass is 10.0. The van der Waals surface area contributed by atoms with Gasteiger partial charge >= 0.3 is 5.97 Å². The largest absolute Gasteiger partial charge is 0.466 e. The maximum Gasteiger partial charge on any atom is 0.308 e.